The van der Waals surface area contributed by atoms with Crippen molar-refractivity contribution in [2.75, 3.05) is 26.2 Å². The largest absolute Gasteiger partial charge is 0.348 e. The molecule has 0 atom stereocenters. The maximum Gasteiger partial charge on any atom is 0.348 e. The smallest absolute Gasteiger partial charge is 0.330 e. The van der Waals surface area contributed by atoms with Crippen LogP contribution >= 0.6 is 0 Å². The Morgan fingerprint density at radius 3 is 2.00 bits per heavy atom. The summed E-state index contributed by atoms with van der Waals surface area (Å²) < 4.78 is 0. The minimum Gasteiger partial charge on any atom is -0.330 e. The summed E-state index contributed by atoms with van der Waals surface area (Å²) in [6, 6.07) is -0.797. The molecule has 0 rings (SSSR count). The van der Waals surface area contributed by atoms with Gasteiger partial charge in [-0.15, -0.1) is 0 Å². The van der Waals surface area contributed by atoms with Crippen molar-refractivity contribution in [1.82, 2.24) is 16.2 Å². The molecule has 0 unspecified atom stereocenters. The number of amides is 2. The maximum absolute atomic E-state index is 10.4. The third kappa shape index (κ3) is 7.51. The summed E-state index contributed by atoms with van der Waals surface area (Å²) in [6.45, 7) is 2.49. The van der Waals surface area contributed by atoms with E-state index in [2.05, 4.69) is 5.43 Å². The second-order valence-electron chi connectivity index (χ2n) is 2.71. The van der Waals surface area contributed by atoms with Gasteiger partial charge in [0, 0.05) is 13.1 Å². The van der Waals surface area contributed by atoms with Crippen molar-refractivity contribution in [2.24, 2.45) is 11.5 Å². The molecule has 6 N–H and O–H groups in total. The Hall–Kier alpha value is -0.850. The van der Waals surface area contributed by atoms with Crippen LogP contribution in [0.5, 0.6) is 0 Å². The lowest BCUT2D eigenvalue weighted by Gasteiger charge is -2.20. The predicted octanol–water partition coefficient (Wildman–Crippen LogP) is -1.11. The van der Waals surface area contributed by atoms with E-state index < -0.39 is 6.03 Å². The summed E-state index contributed by atoms with van der Waals surface area (Å²) in [6.07, 6.45) is 1.59. The number of nitrogens with one attached hydrogen (secondary N) is 2. The molecule has 0 bridgehead atoms. The van der Waals surface area contributed by atoms with Crippen LogP contribution < -0.4 is 22.6 Å². The van der Waals surface area contributed by atoms with Gasteiger partial charge < -0.3 is 11.5 Å². The average Bonchev–Trinajstić information content (AvgIpc) is 2.09. The number of hydrazine groups is 1. The minimum atomic E-state index is -0.797. The Balaban J connectivity index is 3.66. The summed E-state index contributed by atoms with van der Waals surface area (Å²) >= 11 is 0. The molecule has 1 radical (unpaired) electrons. The average molecular weight is 188 g/mol. The molecule has 77 valence electrons. The lowest BCUT2D eigenvalue weighted by molar-refractivity contribution is 0.180. The summed E-state index contributed by atoms with van der Waals surface area (Å²) in [7, 11) is 0. The molecule has 0 saturated carbocycles. The highest BCUT2D eigenvalue weighted by Gasteiger charge is 2.04. The molecule has 0 aliphatic rings. The highest BCUT2D eigenvalue weighted by atomic mass is 16.2. The summed E-state index contributed by atoms with van der Waals surface area (Å²) in [5, 5.41) is 1.68. The number of carbonyl (C=O) groups is 1. The Bertz CT molecular complexity index is 133. The van der Waals surface area contributed by atoms with Crippen molar-refractivity contribution in [2.45, 2.75) is 12.8 Å². The molecule has 6 nitrogen and oxygen atoms in total. The van der Waals surface area contributed by atoms with Gasteiger partial charge in [-0.1, -0.05) is 0 Å². The van der Waals surface area contributed by atoms with Gasteiger partial charge >= 0.3 is 6.03 Å². The van der Waals surface area contributed by atoms with E-state index in [-0.39, 0.29) is 0 Å². The molecule has 0 fully saturated rings. The molecule has 0 heterocycles. The molecule has 0 spiro atoms. The number of hydrogen-bond acceptors (Lipinski definition) is 4. The molecular formula is C7H18N5O. The van der Waals surface area contributed by atoms with E-state index in [1.54, 1.807) is 5.01 Å². The van der Waals surface area contributed by atoms with Gasteiger partial charge in [-0.05, 0) is 25.9 Å². The van der Waals surface area contributed by atoms with E-state index in [0.717, 1.165) is 12.8 Å². The van der Waals surface area contributed by atoms with Gasteiger partial charge in [0.25, 0.3) is 0 Å². The number of hydrogen-bond donors (Lipinski definition) is 3. The van der Waals surface area contributed by atoms with Crippen molar-refractivity contribution in [3.63, 3.8) is 0 Å². The standard InChI is InChI=1S/C7H18N5O/c8-3-1-5-12(6-2-4-9)11-7(10)13/h10H,1-6,8-9H2,(H,11,13). The van der Waals surface area contributed by atoms with Crippen LogP contribution in [-0.2, 0) is 0 Å². The van der Waals surface area contributed by atoms with Gasteiger partial charge in [-0.25, -0.2) is 15.5 Å². The first-order chi connectivity index (χ1) is 6.20. The van der Waals surface area contributed by atoms with E-state index in [4.69, 9.17) is 17.2 Å². The van der Waals surface area contributed by atoms with Crippen molar-refractivity contribution >= 4 is 6.03 Å². The van der Waals surface area contributed by atoms with E-state index >= 15 is 0 Å². The lowest BCUT2D eigenvalue weighted by Crippen LogP contribution is -2.44. The first-order valence-electron chi connectivity index (χ1n) is 4.38. The zero-order valence-corrected chi connectivity index (χ0v) is 7.75. The number of nitrogens with two attached hydrogens (primary N) is 2. The highest BCUT2D eigenvalue weighted by Crippen LogP contribution is 1.88. The van der Waals surface area contributed by atoms with Crippen LogP contribution in [0.15, 0.2) is 0 Å². The molecular weight excluding hydrogens is 170 g/mol. The Kier molecular flexibility index (Phi) is 7.27. The topological polar surface area (TPSA) is 108 Å². The quantitative estimate of drug-likeness (QED) is 0.440. The fourth-order valence-corrected chi connectivity index (χ4v) is 0.932. The van der Waals surface area contributed by atoms with E-state index in [9.17, 15) is 4.79 Å². The second-order valence-corrected chi connectivity index (χ2v) is 2.71. The van der Waals surface area contributed by atoms with E-state index in [1.165, 1.54) is 0 Å². The van der Waals surface area contributed by atoms with Crippen LogP contribution in [0, 0.1) is 0 Å². The van der Waals surface area contributed by atoms with Crippen LogP contribution in [0.1, 0.15) is 12.8 Å². The molecule has 0 aromatic rings. The Morgan fingerprint density at radius 1 is 1.23 bits per heavy atom. The van der Waals surface area contributed by atoms with Crippen LogP contribution in [0.25, 0.3) is 0 Å². The lowest BCUT2D eigenvalue weighted by atomic mass is 10.3. The minimum absolute atomic E-state index is 0.576. The number of rotatable bonds is 7. The molecule has 0 aliphatic heterocycles. The normalized spacial score (nSPS) is 10.4. The van der Waals surface area contributed by atoms with Gasteiger partial charge in [0.2, 0.25) is 0 Å². The fraction of sp³-hybridized carbons (Fsp3) is 0.857. The van der Waals surface area contributed by atoms with Crippen molar-refractivity contribution < 1.29 is 4.79 Å². The molecule has 0 aromatic carbocycles. The molecule has 13 heavy (non-hydrogen) atoms. The van der Waals surface area contributed by atoms with Gasteiger partial charge in [-0.3, -0.25) is 5.43 Å². The zero-order valence-electron chi connectivity index (χ0n) is 7.75. The van der Waals surface area contributed by atoms with Crippen LogP contribution in [0.2, 0.25) is 0 Å². The monoisotopic (exact) mass is 188 g/mol. The summed E-state index contributed by atoms with van der Waals surface area (Å²) in [4.78, 5) is 10.4. The Morgan fingerprint density at radius 2 is 1.69 bits per heavy atom. The number of nitrogens with zero attached hydrogens (tertiary/aromatic N) is 1. The number of carbonyl (C=O) groups excluding carboxylic acids is 1. The Labute approximate surface area is 78.4 Å². The maximum atomic E-state index is 10.4. The van der Waals surface area contributed by atoms with Gasteiger partial charge in [0.15, 0.2) is 0 Å². The molecule has 0 saturated heterocycles. The van der Waals surface area contributed by atoms with Crippen molar-refractivity contribution in [1.29, 1.82) is 0 Å². The van der Waals surface area contributed by atoms with Gasteiger partial charge in [0.1, 0.15) is 0 Å². The van der Waals surface area contributed by atoms with E-state index in [1.807, 2.05) is 0 Å². The SMILES string of the molecule is [NH]C(=O)NN(CCCN)CCCN. The second kappa shape index (κ2) is 7.78. The van der Waals surface area contributed by atoms with Crippen molar-refractivity contribution in [3.8, 4) is 0 Å². The third-order valence-electron chi connectivity index (χ3n) is 1.52. The molecule has 0 aromatic heterocycles. The van der Waals surface area contributed by atoms with Crippen LogP contribution in [0.3, 0.4) is 0 Å². The van der Waals surface area contributed by atoms with Gasteiger partial charge in [0.05, 0.1) is 0 Å². The summed E-state index contributed by atoms with van der Waals surface area (Å²) in [5.41, 5.74) is 19.8. The third-order valence-corrected chi connectivity index (χ3v) is 1.52. The number of urea groups is 1. The molecule has 0 aliphatic carbocycles. The highest BCUT2D eigenvalue weighted by molar-refractivity contribution is 5.70. The summed E-state index contributed by atoms with van der Waals surface area (Å²) in [5.74, 6) is 0. The van der Waals surface area contributed by atoms with Crippen LogP contribution in [-0.4, -0.2) is 37.2 Å². The molecule has 2 amide bonds. The zero-order chi connectivity index (χ0) is 10.1. The van der Waals surface area contributed by atoms with Gasteiger partial charge in [-0.2, -0.15) is 0 Å². The first-order valence-corrected chi connectivity index (χ1v) is 4.38. The van der Waals surface area contributed by atoms with E-state index in [0.29, 0.717) is 26.2 Å². The first kappa shape index (κ1) is 12.2. The molecule has 6 heteroatoms. The van der Waals surface area contributed by atoms with Crippen LogP contribution in [0.4, 0.5) is 4.79 Å². The fourth-order valence-electron chi connectivity index (χ4n) is 0.932. The predicted molar refractivity (Wildman–Crippen MR) is 50.5 cm³/mol. The van der Waals surface area contributed by atoms with Crippen molar-refractivity contribution in [3.05, 3.63) is 0 Å².